The van der Waals surface area contributed by atoms with Crippen LogP contribution in [0.4, 0.5) is 0 Å². The Kier molecular flexibility index (Phi) is 7.75. The lowest BCUT2D eigenvalue weighted by Gasteiger charge is -2.23. The SMILES string of the molecule is CCCCC(CC)NC(CC(=O)OC)c1cccs1. The molecule has 0 amide bonds. The molecule has 0 aromatic carbocycles. The van der Waals surface area contributed by atoms with E-state index in [0.29, 0.717) is 12.5 Å². The summed E-state index contributed by atoms with van der Waals surface area (Å²) in [6, 6.07) is 4.66. The number of ether oxygens (including phenoxy) is 1. The van der Waals surface area contributed by atoms with Crippen molar-refractivity contribution in [1.29, 1.82) is 0 Å². The molecule has 0 spiro atoms. The third-order valence-corrected chi connectivity index (χ3v) is 4.31. The lowest BCUT2D eigenvalue weighted by atomic mass is 10.0. The van der Waals surface area contributed by atoms with E-state index in [1.165, 1.54) is 24.8 Å². The van der Waals surface area contributed by atoms with Crippen LogP contribution in [0.15, 0.2) is 17.5 Å². The van der Waals surface area contributed by atoms with E-state index in [2.05, 4.69) is 25.2 Å². The fourth-order valence-electron chi connectivity index (χ4n) is 2.12. The number of rotatable bonds is 9. The second-order valence-electron chi connectivity index (χ2n) is 4.76. The van der Waals surface area contributed by atoms with Crippen LogP contribution in [0.5, 0.6) is 0 Å². The highest BCUT2D eigenvalue weighted by Crippen LogP contribution is 2.24. The highest BCUT2D eigenvalue weighted by molar-refractivity contribution is 7.10. The van der Waals surface area contributed by atoms with E-state index >= 15 is 0 Å². The van der Waals surface area contributed by atoms with Crippen molar-refractivity contribution in [2.45, 2.75) is 58.0 Å². The van der Waals surface area contributed by atoms with Gasteiger partial charge in [-0.3, -0.25) is 4.79 Å². The summed E-state index contributed by atoms with van der Waals surface area (Å²) < 4.78 is 4.80. The number of methoxy groups -OCH3 is 1. The van der Waals surface area contributed by atoms with E-state index in [1.54, 1.807) is 11.3 Å². The van der Waals surface area contributed by atoms with Gasteiger partial charge >= 0.3 is 5.97 Å². The van der Waals surface area contributed by atoms with Crippen LogP contribution in [0, 0.1) is 0 Å². The summed E-state index contributed by atoms with van der Waals surface area (Å²) in [6.45, 7) is 4.40. The van der Waals surface area contributed by atoms with Gasteiger partial charge < -0.3 is 10.1 Å². The van der Waals surface area contributed by atoms with Gasteiger partial charge in [-0.05, 0) is 24.3 Å². The maximum absolute atomic E-state index is 11.5. The zero-order valence-electron chi connectivity index (χ0n) is 12.1. The van der Waals surface area contributed by atoms with Crippen molar-refractivity contribution in [2.24, 2.45) is 0 Å². The topological polar surface area (TPSA) is 38.3 Å². The molecule has 0 fully saturated rings. The van der Waals surface area contributed by atoms with Gasteiger partial charge in [0.05, 0.1) is 19.6 Å². The Labute approximate surface area is 120 Å². The monoisotopic (exact) mass is 283 g/mol. The first-order chi connectivity index (χ1) is 9.21. The van der Waals surface area contributed by atoms with Gasteiger partial charge in [0.2, 0.25) is 0 Å². The predicted octanol–water partition coefficient (Wildman–Crippen LogP) is 3.91. The first-order valence-electron chi connectivity index (χ1n) is 7.07. The van der Waals surface area contributed by atoms with Gasteiger partial charge in [0, 0.05) is 10.9 Å². The average Bonchev–Trinajstić information content (AvgIpc) is 2.95. The number of esters is 1. The molecular weight excluding hydrogens is 258 g/mol. The van der Waals surface area contributed by atoms with Gasteiger partial charge in [-0.25, -0.2) is 0 Å². The summed E-state index contributed by atoms with van der Waals surface area (Å²) in [5.74, 6) is -0.156. The summed E-state index contributed by atoms with van der Waals surface area (Å²) in [5.41, 5.74) is 0. The van der Waals surface area contributed by atoms with Gasteiger partial charge in [-0.2, -0.15) is 0 Å². The molecule has 0 aliphatic rings. The van der Waals surface area contributed by atoms with Crippen molar-refractivity contribution in [3.63, 3.8) is 0 Å². The van der Waals surface area contributed by atoms with Crippen LogP contribution in [0.1, 0.15) is 56.9 Å². The van der Waals surface area contributed by atoms with Crippen molar-refractivity contribution >= 4 is 17.3 Å². The molecule has 0 saturated carbocycles. The maximum Gasteiger partial charge on any atom is 0.307 e. The fourth-order valence-corrected chi connectivity index (χ4v) is 2.91. The lowest BCUT2D eigenvalue weighted by Crippen LogP contribution is -2.33. The minimum atomic E-state index is -0.156. The molecule has 1 N–H and O–H groups in total. The Bertz CT molecular complexity index is 351. The average molecular weight is 283 g/mol. The van der Waals surface area contributed by atoms with E-state index in [0.717, 1.165) is 12.8 Å². The Morgan fingerprint density at radius 2 is 2.26 bits per heavy atom. The molecule has 0 bridgehead atoms. The van der Waals surface area contributed by atoms with Crippen LogP contribution in [0.3, 0.4) is 0 Å². The largest absolute Gasteiger partial charge is 0.469 e. The molecule has 1 rings (SSSR count). The molecule has 2 atom stereocenters. The first kappa shape index (κ1) is 16.2. The first-order valence-corrected chi connectivity index (χ1v) is 7.95. The number of thiophene rings is 1. The molecule has 1 heterocycles. The number of unbranched alkanes of at least 4 members (excludes halogenated alkanes) is 1. The quantitative estimate of drug-likeness (QED) is 0.698. The normalized spacial score (nSPS) is 14.1. The standard InChI is InChI=1S/C15H25NO2S/c1-4-6-8-12(5-2)16-13(11-15(17)18-3)14-9-7-10-19-14/h7,9-10,12-13,16H,4-6,8,11H2,1-3H3. The number of hydrogen-bond donors (Lipinski definition) is 1. The molecule has 1 aromatic heterocycles. The smallest absolute Gasteiger partial charge is 0.307 e. The van der Waals surface area contributed by atoms with Crippen molar-refractivity contribution < 1.29 is 9.53 Å². The molecule has 19 heavy (non-hydrogen) atoms. The number of carbonyl (C=O) groups is 1. The van der Waals surface area contributed by atoms with E-state index in [4.69, 9.17) is 4.74 Å². The van der Waals surface area contributed by atoms with Gasteiger partial charge in [-0.15, -0.1) is 11.3 Å². The molecule has 3 nitrogen and oxygen atoms in total. The number of carbonyl (C=O) groups excluding carboxylic acids is 1. The Morgan fingerprint density at radius 3 is 2.79 bits per heavy atom. The van der Waals surface area contributed by atoms with E-state index in [-0.39, 0.29) is 12.0 Å². The van der Waals surface area contributed by atoms with Crippen molar-refractivity contribution in [1.82, 2.24) is 5.32 Å². The van der Waals surface area contributed by atoms with Crippen LogP contribution in [0.25, 0.3) is 0 Å². The van der Waals surface area contributed by atoms with Gasteiger partial charge in [0.25, 0.3) is 0 Å². The van der Waals surface area contributed by atoms with E-state index in [9.17, 15) is 4.79 Å². The second-order valence-corrected chi connectivity index (χ2v) is 5.74. The van der Waals surface area contributed by atoms with Crippen LogP contribution in [0.2, 0.25) is 0 Å². The Balaban J connectivity index is 2.65. The molecule has 108 valence electrons. The molecule has 0 saturated heterocycles. The van der Waals surface area contributed by atoms with Crippen molar-refractivity contribution in [2.75, 3.05) is 7.11 Å². The maximum atomic E-state index is 11.5. The zero-order chi connectivity index (χ0) is 14.1. The molecular formula is C15H25NO2S. The van der Waals surface area contributed by atoms with Crippen LogP contribution < -0.4 is 5.32 Å². The summed E-state index contributed by atoms with van der Waals surface area (Å²) >= 11 is 1.69. The molecule has 2 unspecified atom stereocenters. The second kappa shape index (κ2) is 9.10. The van der Waals surface area contributed by atoms with Gasteiger partial charge in [0.1, 0.15) is 0 Å². The third kappa shape index (κ3) is 5.74. The molecule has 0 aliphatic heterocycles. The highest BCUT2D eigenvalue weighted by atomic mass is 32.1. The van der Waals surface area contributed by atoms with Crippen LogP contribution in [-0.2, 0) is 9.53 Å². The van der Waals surface area contributed by atoms with Crippen molar-refractivity contribution in [3.8, 4) is 0 Å². The molecule has 0 aliphatic carbocycles. The van der Waals surface area contributed by atoms with E-state index < -0.39 is 0 Å². The zero-order valence-corrected chi connectivity index (χ0v) is 13.0. The predicted molar refractivity (Wildman–Crippen MR) is 80.4 cm³/mol. The minimum absolute atomic E-state index is 0.0780. The Morgan fingerprint density at radius 1 is 1.47 bits per heavy atom. The van der Waals surface area contributed by atoms with Crippen molar-refractivity contribution in [3.05, 3.63) is 22.4 Å². The third-order valence-electron chi connectivity index (χ3n) is 3.32. The number of hydrogen-bond acceptors (Lipinski definition) is 4. The highest BCUT2D eigenvalue weighted by Gasteiger charge is 2.20. The minimum Gasteiger partial charge on any atom is -0.469 e. The lowest BCUT2D eigenvalue weighted by molar-refractivity contribution is -0.141. The summed E-state index contributed by atoms with van der Waals surface area (Å²) in [6.07, 6.45) is 5.08. The van der Waals surface area contributed by atoms with Crippen LogP contribution in [-0.4, -0.2) is 19.1 Å². The molecule has 1 aromatic rings. The fraction of sp³-hybridized carbons (Fsp3) is 0.667. The van der Waals surface area contributed by atoms with Gasteiger partial charge in [0.15, 0.2) is 0 Å². The van der Waals surface area contributed by atoms with Gasteiger partial charge in [-0.1, -0.05) is 32.8 Å². The van der Waals surface area contributed by atoms with Crippen LogP contribution >= 0.6 is 11.3 Å². The summed E-state index contributed by atoms with van der Waals surface area (Å²) in [5, 5.41) is 5.67. The number of nitrogens with one attached hydrogen (secondary N) is 1. The summed E-state index contributed by atoms with van der Waals surface area (Å²) in [4.78, 5) is 12.8. The Hall–Kier alpha value is -0.870. The summed E-state index contributed by atoms with van der Waals surface area (Å²) in [7, 11) is 1.45. The molecule has 4 heteroatoms. The van der Waals surface area contributed by atoms with E-state index in [1.807, 2.05) is 11.4 Å². The molecule has 0 radical (unpaired) electrons.